The monoisotopic (exact) mass is 277 g/mol. The van der Waals surface area contributed by atoms with Gasteiger partial charge in [-0.1, -0.05) is 17.7 Å². The molecule has 0 saturated carbocycles. The van der Waals surface area contributed by atoms with Crippen LogP contribution in [-0.2, 0) is 9.53 Å². The van der Waals surface area contributed by atoms with Crippen LogP contribution in [0.15, 0.2) is 24.3 Å². The fourth-order valence-electron chi connectivity index (χ4n) is 2.11. The van der Waals surface area contributed by atoms with Crippen molar-refractivity contribution in [3.05, 3.63) is 29.8 Å². The number of benzene rings is 1. The maximum Gasteiger partial charge on any atom is 0.238 e. The number of carbonyl (C=O) groups is 1. The van der Waals surface area contributed by atoms with E-state index < -0.39 is 0 Å². The molecule has 0 aromatic heterocycles. The molecule has 0 radical (unpaired) electrons. The topological polar surface area (TPSA) is 53.6 Å². The van der Waals surface area contributed by atoms with Crippen LogP contribution in [0.25, 0.3) is 0 Å². The van der Waals surface area contributed by atoms with Crippen LogP contribution in [0, 0.1) is 6.92 Å². The number of amides is 1. The molecule has 1 aliphatic heterocycles. The summed E-state index contributed by atoms with van der Waals surface area (Å²) in [5, 5.41) is 6.04. The molecule has 0 aliphatic carbocycles. The lowest BCUT2D eigenvalue weighted by Gasteiger charge is -2.26. The molecule has 2 rings (SSSR count). The minimum atomic E-state index is -0.00386. The summed E-state index contributed by atoms with van der Waals surface area (Å²) in [6.45, 7) is 7.75. The summed E-state index contributed by atoms with van der Waals surface area (Å²) in [4.78, 5) is 14.1. The van der Waals surface area contributed by atoms with Gasteiger partial charge >= 0.3 is 0 Å². The van der Waals surface area contributed by atoms with E-state index in [1.165, 1.54) is 5.56 Å². The van der Waals surface area contributed by atoms with Crippen LogP contribution in [0.2, 0.25) is 0 Å². The van der Waals surface area contributed by atoms with Crippen molar-refractivity contribution in [3.63, 3.8) is 0 Å². The molecule has 110 valence electrons. The third-order valence-electron chi connectivity index (χ3n) is 3.33. The Bertz CT molecular complexity index is 414. The molecule has 0 bridgehead atoms. The molecule has 0 unspecified atom stereocenters. The SMILES string of the molecule is Cc1ccc(NC(=O)CNCCN2CCOCC2)cc1. The van der Waals surface area contributed by atoms with Gasteiger partial charge < -0.3 is 15.4 Å². The molecular formula is C15H23N3O2. The van der Waals surface area contributed by atoms with E-state index in [-0.39, 0.29) is 5.91 Å². The van der Waals surface area contributed by atoms with Crippen molar-refractivity contribution in [1.82, 2.24) is 10.2 Å². The van der Waals surface area contributed by atoms with Gasteiger partial charge in [0.05, 0.1) is 19.8 Å². The van der Waals surface area contributed by atoms with Gasteiger partial charge in [-0.3, -0.25) is 9.69 Å². The second kappa shape index (κ2) is 7.99. The maximum absolute atomic E-state index is 11.7. The van der Waals surface area contributed by atoms with Crippen molar-refractivity contribution in [1.29, 1.82) is 0 Å². The summed E-state index contributed by atoms with van der Waals surface area (Å²) in [5.74, 6) is -0.00386. The number of nitrogens with one attached hydrogen (secondary N) is 2. The number of hydrogen-bond donors (Lipinski definition) is 2. The van der Waals surface area contributed by atoms with Crippen molar-refractivity contribution in [2.24, 2.45) is 0 Å². The third-order valence-corrected chi connectivity index (χ3v) is 3.33. The van der Waals surface area contributed by atoms with Crippen LogP contribution in [0.3, 0.4) is 0 Å². The van der Waals surface area contributed by atoms with E-state index in [2.05, 4.69) is 15.5 Å². The summed E-state index contributed by atoms with van der Waals surface area (Å²) in [6, 6.07) is 7.81. The molecule has 0 atom stereocenters. The van der Waals surface area contributed by atoms with E-state index >= 15 is 0 Å². The van der Waals surface area contributed by atoms with Gasteiger partial charge in [-0.15, -0.1) is 0 Å². The summed E-state index contributed by atoms with van der Waals surface area (Å²) in [7, 11) is 0. The van der Waals surface area contributed by atoms with Gasteiger partial charge in [0.1, 0.15) is 0 Å². The molecule has 1 aliphatic rings. The van der Waals surface area contributed by atoms with Crippen LogP contribution >= 0.6 is 0 Å². The maximum atomic E-state index is 11.7. The summed E-state index contributed by atoms with van der Waals surface area (Å²) < 4.78 is 5.29. The quantitative estimate of drug-likeness (QED) is 0.757. The molecule has 2 N–H and O–H groups in total. The first-order valence-corrected chi connectivity index (χ1v) is 7.11. The van der Waals surface area contributed by atoms with E-state index in [1.54, 1.807) is 0 Å². The highest BCUT2D eigenvalue weighted by atomic mass is 16.5. The number of hydrogen-bond acceptors (Lipinski definition) is 4. The zero-order valence-electron chi connectivity index (χ0n) is 12.0. The summed E-state index contributed by atoms with van der Waals surface area (Å²) in [5.41, 5.74) is 2.03. The lowest BCUT2D eigenvalue weighted by atomic mass is 10.2. The predicted molar refractivity (Wildman–Crippen MR) is 79.9 cm³/mol. The van der Waals surface area contributed by atoms with Gasteiger partial charge in [-0.2, -0.15) is 0 Å². The third kappa shape index (κ3) is 5.28. The molecule has 5 nitrogen and oxygen atoms in total. The highest BCUT2D eigenvalue weighted by molar-refractivity contribution is 5.92. The van der Waals surface area contributed by atoms with Crippen molar-refractivity contribution in [2.45, 2.75) is 6.92 Å². The number of nitrogens with zero attached hydrogens (tertiary/aromatic N) is 1. The normalized spacial score (nSPS) is 16.1. The van der Waals surface area contributed by atoms with Gasteiger partial charge in [0, 0.05) is 31.9 Å². The second-order valence-corrected chi connectivity index (χ2v) is 5.04. The van der Waals surface area contributed by atoms with Crippen LogP contribution in [0.5, 0.6) is 0 Å². The van der Waals surface area contributed by atoms with E-state index in [0.29, 0.717) is 6.54 Å². The van der Waals surface area contributed by atoms with E-state index in [9.17, 15) is 4.79 Å². The fourth-order valence-corrected chi connectivity index (χ4v) is 2.11. The zero-order valence-corrected chi connectivity index (χ0v) is 12.0. The average molecular weight is 277 g/mol. The molecule has 20 heavy (non-hydrogen) atoms. The molecule has 1 saturated heterocycles. The van der Waals surface area contributed by atoms with Gasteiger partial charge in [-0.05, 0) is 19.1 Å². The Kier molecular flexibility index (Phi) is 5.98. The number of aryl methyl sites for hydroxylation is 1. The first kappa shape index (κ1) is 15.0. The Morgan fingerprint density at radius 2 is 1.95 bits per heavy atom. The summed E-state index contributed by atoms with van der Waals surface area (Å²) in [6.07, 6.45) is 0. The Hall–Kier alpha value is -1.43. The highest BCUT2D eigenvalue weighted by Crippen LogP contribution is 2.07. The number of rotatable bonds is 6. The Labute approximate surface area is 120 Å². The van der Waals surface area contributed by atoms with Crippen LogP contribution in [-0.4, -0.2) is 56.7 Å². The van der Waals surface area contributed by atoms with Gasteiger partial charge in [0.25, 0.3) is 0 Å². The molecule has 1 amide bonds. The van der Waals surface area contributed by atoms with Crippen LogP contribution in [0.1, 0.15) is 5.56 Å². The smallest absolute Gasteiger partial charge is 0.238 e. The Morgan fingerprint density at radius 1 is 1.25 bits per heavy atom. The Morgan fingerprint density at radius 3 is 2.65 bits per heavy atom. The van der Waals surface area contributed by atoms with Crippen molar-refractivity contribution >= 4 is 11.6 Å². The second-order valence-electron chi connectivity index (χ2n) is 5.04. The molecular weight excluding hydrogens is 254 g/mol. The standard InChI is InChI=1S/C15H23N3O2/c1-13-2-4-14(5-3-13)17-15(19)12-16-6-7-18-8-10-20-11-9-18/h2-5,16H,6-12H2,1H3,(H,17,19). The number of anilines is 1. The van der Waals surface area contributed by atoms with E-state index in [1.807, 2.05) is 31.2 Å². The minimum absolute atomic E-state index is 0.00386. The Balaban J connectivity index is 1.59. The van der Waals surface area contributed by atoms with Crippen LogP contribution < -0.4 is 10.6 Å². The molecule has 1 aromatic rings. The lowest BCUT2D eigenvalue weighted by molar-refractivity contribution is -0.115. The van der Waals surface area contributed by atoms with Crippen molar-refractivity contribution in [3.8, 4) is 0 Å². The van der Waals surface area contributed by atoms with Crippen LogP contribution in [0.4, 0.5) is 5.69 Å². The minimum Gasteiger partial charge on any atom is -0.379 e. The van der Waals surface area contributed by atoms with E-state index in [4.69, 9.17) is 4.74 Å². The largest absolute Gasteiger partial charge is 0.379 e. The van der Waals surface area contributed by atoms with Gasteiger partial charge in [-0.25, -0.2) is 0 Å². The molecule has 1 heterocycles. The van der Waals surface area contributed by atoms with Gasteiger partial charge in [0.2, 0.25) is 5.91 Å². The number of morpholine rings is 1. The molecule has 0 spiro atoms. The molecule has 1 fully saturated rings. The fraction of sp³-hybridized carbons (Fsp3) is 0.533. The summed E-state index contributed by atoms with van der Waals surface area (Å²) >= 11 is 0. The van der Waals surface area contributed by atoms with E-state index in [0.717, 1.165) is 45.1 Å². The number of ether oxygens (including phenoxy) is 1. The van der Waals surface area contributed by atoms with Gasteiger partial charge in [0.15, 0.2) is 0 Å². The lowest BCUT2D eigenvalue weighted by Crippen LogP contribution is -2.41. The van der Waals surface area contributed by atoms with Crippen molar-refractivity contribution < 1.29 is 9.53 Å². The highest BCUT2D eigenvalue weighted by Gasteiger charge is 2.09. The first-order chi connectivity index (χ1) is 9.74. The first-order valence-electron chi connectivity index (χ1n) is 7.11. The average Bonchev–Trinajstić information content (AvgIpc) is 2.47. The molecule has 1 aromatic carbocycles. The zero-order chi connectivity index (χ0) is 14.2. The number of carbonyl (C=O) groups excluding carboxylic acids is 1. The molecule has 5 heteroatoms. The van der Waals surface area contributed by atoms with Crippen molar-refractivity contribution in [2.75, 3.05) is 51.3 Å². The predicted octanol–water partition coefficient (Wildman–Crippen LogP) is 0.855.